The van der Waals surface area contributed by atoms with Gasteiger partial charge in [0.15, 0.2) is 0 Å². The van der Waals surface area contributed by atoms with Crippen molar-refractivity contribution in [3.8, 4) is 5.75 Å². The van der Waals surface area contributed by atoms with Crippen LogP contribution in [0.3, 0.4) is 0 Å². The van der Waals surface area contributed by atoms with Gasteiger partial charge in [-0.1, -0.05) is 24.3 Å². The molecule has 106 valence electrons. The molecule has 1 aliphatic heterocycles. The third-order valence-corrected chi connectivity index (χ3v) is 2.87. The van der Waals surface area contributed by atoms with E-state index in [0.29, 0.717) is 37.6 Å². The molecule has 1 amide bonds. The SMILES string of the molecule is O=C[C@@H]1CC=CCOCCOc2ccccc2C(=O)N1. The first-order valence-electron chi connectivity index (χ1n) is 6.52. The van der Waals surface area contributed by atoms with Crippen molar-refractivity contribution >= 4 is 12.2 Å². The number of aldehydes is 1. The Hall–Kier alpha value is -2.14. The molecule has 1 atom stereocenters. The summed E-state index contributed by atoms with van der Waals surface area (Å²) in [5, 5.41) is 2.68. The molecule has 0 saturated heterocycles. The second-order valence-electron chi connectivity index (χ2n) is 4.34. The molecule has 1 heterocycles. The van der Waals surface area contributed by atoms with E-state index in [1.165, 1.54) is 0 Å². The maximum Gasteiger partial charge on any atom is 0.255 e. The van der Waals surface area contributed by atoms with Crippen LogP contribution >= 0.6 is 0 Å². The van der Waals surface area contributed by atoms with Gasteiger partial charge in [0.2, 0.25) is 0 Å². The Labute approximate surface area is 117 Å². The van der Waals surface area contributed by atoms with E-state index in [1.54, 1.807) is 24.3 Å². The van der Waals surface area contributed by atoms with Crippen LogP contribution in [0.15, 0.2) is 36.4 Å². The third kappa shape index (κ3) is 3.93. The average molecular weight is 275 g/mol. The third-order valence-electron chi connectivity index (χ3n) is 2.87. The zero-order valence-corrected chi connectivity index (χ0v) is 11.1. The van der Waals surface area contributed by atoms with Crippen LogP contribution in [0.25, 0.3) is 0 Å². The van der Waals surface area contributed by atoms with Crippen molar-refractivity contribution in [2.24, 2.45) is 0 Å². The van der Waals surface area contributed by atoms with E-state index in [4.69, 9.17) is 9.47 Å². The summed E-state index contributed by atoms with van der Waals surface area (Å²) in [6.07, 6.45) is 4.82. The number of ether oxygens (including phenoxy) is 2. The second-order valence-corrected chi connectivity index (χ2v) is 4.34. The summed E-state index contributed by atoms with van der Waals surface area (Å²) < 4.78 is 10.9. The number of carbonyl (C=O) groups excluding carboxylic acids is 2. The van der Waals surface area contributed by atoms with Gasteiger partial charge in [-0.2, -0.15) is 0 Å². The molecule has 1 aliphatic rings. The molecule has 0 aliphatic carbocycles. The molecule has 0 fully saturated rings. The molecule has 0 aromatic heterocycles. The Balaban J connectivity index is 2.20. The van der Waals surface area contributed by atoms with Gasteiger partial charge in [0, 0.05) is 0 Å². The van der Waals surface area contributed by atoms with Crippen molar-refractivity contribution in [3.05, 3.63) is 42.0 Å². The van der Waals surface area contributed by atoms with Crippen LogP contribution in [0.5, 0.6) is 5.75 Å². The van der Waals surface area contributed by atoms with Gasteiger partial charge in [-0.05, 0) is 18.6 Å². The fraction of sp³-hybridized carbons (Fsp3) is 0.333. The van der Waals surface area contributed by atoms with Gasteiger partial charge >= 0.3 is 0 Å². The monoisotopic (exact) mass is 275 g/mol. The molecular weight excluding hydrogens is 258 g/mol. The molecule has 0 saturated carbocycles. The van der Waals surface area contributed by atoms with Crippen molar-refractivity contribution in [2.75, 3.05) is 19.8 Å². The number of para-hydroxylation sites is 1. The van der Waals surface area contributed by atoms with E-state index < -0.39 is 6.04 Å². The van der Waals surface area contributed by atoms with Gasteiger partial charge in [-0.3, -0.25) is 4.79 Å². The predicted octanol–water partition coefficient (Wildman–Crippen LogP) is 1.34. The molecule has 2 rings (SSSR count). The quantitative estimate of drug-likeness (QED) is 0.620. The summed E-state index contributed by atoms with van der Waals surface area (Å²) in [5.41, 5.74) is 0.419. The van der Waals surface area contributed by atoms with Crippen LogP contribution in [0.2, 0.25) is 0 Å². The summed E-state index contributed by atoms with van der Waals surface area (Å²) in [6, 6.07) is 6.40. The number of hydrogen-bond acceptors (Lipinski definition) is 4. The van der Waals surface area contributed by atoms with Crippen molar-refractivity contribution in [3.63, 3.8) is 0 Å². The van der Waals surface area contributed by atoms with Crippen molar-refractivity contribution in [1.82, 2.24) is 5.32 Å². The number of nitrogens with one attached hydrogen (secondary N) is 1. The van der Waals surface area contributed by atoms with Crippen LogP contribution in [0.1, 0.15) is 16.8 Å². The van der Waals surface area contributed by atoms with Gasteiger partial charge in [0.05, 0.1) is 24.8 Å². The normalized spacial score (nSPS) is 20.4. The lowest BCUT2D eigenvalue weighted by atomic mass is 10.1. The molecule has 5 heteroatoms. The standard InChI is InChI=1S/C15H17NO4/c17-11-12-5-3-4-8-19-9-10-20-14-7-2-1-6-13(14)15(18)16-12/h1-4,6-7,11-12H,5,8-10H2,(H,16,18)/t12-/m0/s1. The van der Waals surface area contributed by atoms with Gasteiger partial charge in [0.1, 0.15) is 18.6 Å². The Kier molecular flexibility index (Phi) is 5.32. The molecule has 0 spiro atoms. The molecule has 20 heavy (non-hydrogen) atoms. The van der Waals surface area contributed by atoms with Crippen molar-refractivity contribution < 1.29 is 19.1 Å². The number of amides is 1. The lowest BCUT2D eigenvalue weighted by molar-refractivity contribution is -0.109. The lowest BCUT2D eigenvalue weighted by Crippen LogP contribution is -2.35. The van der Waals surface area contributed by atoms with E-state index in [9.17, 15) is 9.59 Å². The molecule has 0 bridgehead atoms. The minimum absolute atomic E-state index is 0.314. The van der Waals surface area contributed by atoms with E-state index in [2.05, 4.69) is 5.32 Å². The second kappa shape index (κ2) is 7.45. The minimum atomic E-state index is -0.549. The van der Waals surface area contributed by atoms with Crippen LogP contribution in [0.4, 0.5) is 0 Å². The summed E-state index contributed by atoms with van der Waals surface area (Å²) in [4.78, 5) is 23.2. The van der Waals surface area contributed by atoms with Gasteiger partial charge in [-0.15, -0.1) is 0 Å². The highest BCUT2D eigenvalue weighted by atomic mass is 16.5. The summed E-state index contributed by atoms with van der Waals surface area (Å²) in [7, 11) is 0. The van der Waals surface area contributed by atoms with Gasteiger partial charge < -0.3 is 19.6 Å². The summed E-state index contributed by atoms with van der Waals surface area (Å²) in [6.45, 7) is 1.27. The van der Waals surface area contributed by atoms with Crippen LogP contribution in [-0.4, -0.2) is 38.1 Å². The first-order chi connectivity index (χ1) is 9.81. The van der Waals surface area contributed by atoms with Crippen molar-refractivity contribution in [1.29, 1.82) is 0 Å². The summed E-state index contributed by atoms with van der Waals surface area (Å²) >= 11 is 0. The predicted molar refractivity (Wildman–Crippen MR) is 73.8 cm³/mol. The Bertz CT molecular complexity index is 498. The lowest BCUT2D eigenvalue weighted by Gasteiger charge is -2.13. The number of fused-ring (bicyclic) bond motifs is 1. The Morgan fingerprint density at radius 3 is 2.90 bits per heavy atom. The fourth-order valence-electron chi connectivity index (χ4n) is 1.85. The molecule has 1 N–H and O–H groups in total. The average Bonchev–Trinajstić information content (AvgIpc) is 2.49. The van der Waals surface area contributed by atoms with Crippen LogP contribution in [0, 0.1) is 0 Å². The molecule has 1 aromatic carbocycles. The molecular formula is C15H17NO4. The van der Waals surface area contributed by atoms with Crippen LogP contribution < -0.4 is 10.1 Å². The van der Waals surface area contributed by atoms with E-state index in [-0.39, 0.29) is 5.91 Å². The van der Waals surface area contributed by atoms with E-state index in [0.717, 1.165) is 6.29 Å². The van der Waals surface area contributed by atoms with E-state index >= 15 is 0 Å². The fourth-order valence-corrected chi connectivity index (χ4v) is 1.85. The molecule has 5 nitrogen and oxygen atoms in total. The Morgan fingerprint density at radius 1 is 1.20 bits per heavy atom. The van der Waals surface area contributed by atoms with Gasteiger partial charge in [-0.25, -0.2) is 0 Å². The smallest absolute Gasteiger partial charge is 0.255 e. The number of benzene rings is 1. The summed E-state index contributed by atoms with van der Waals surface area (Å²) in [5.74, 6) is 0.178. The maximum absolute atomic E-state index is 12.2. The number of hydrogen-bond donors (Lipinski definition) is 1. The van der Waals surface area contributed by atoms with Crippen molar-refractivity contribution in [2.45, 2.75) is 12.5 Å². The van der Waals surface area contributed by atoms with E-state index in [1.807, 2.05) is 12.2 Å². The highest BCUT2D eigenvalue weighted by Crippen LogP contribution is 2.18. The number of carbonyl (C=O) groups is 2. The number of rotatable bonds is 1. The van der Waals surface area contributed by atoms with Crippen LogP contribution in [-0.2, 0) is 9.53 Å². The topological polar surface area (TPSA) is 64.6 Å². The molecule has 0 unspecified atom stereocenters. The largest absolute Gasteiger partial charge is 0.490 e. The molecule has 1 aromatic rings. The highest BCUT2D eigenvalue weighted by Gasteiger charge is 2.16. The first kappa shape index (κ1) is 14.3. The maximum atomic E-state index is 12.2. The minimum Gasteiger partial charge on any atom is -0.490 e. The molecule has 0 radical (unpaired) electrons. The highest BCUT2D eigenvalue weighted by molar-refractivity contribution is 5.98. The Morgan fingerprint density at radius 2 is 2.05 bits per heavy atom. The first-order valence-corrected chi connectivity index (χ1v) is 6.52. The zero-order chi connectivity index (χ0) is 14.2. The van der Waals surface area contributed by atoms with Gasteiger partial charge in [0.25, 0.3) is 5.91 Å². The zero-order valence-electron chi connectivity index (χ0n) is 11.1.